The third kappa shape index (κ3) is 7.77. The van der Waals surface area contributed by atoms with E-state index in [9.17, 15) is 0 Å². The van der Waals surface area contributed by atoms with Crippen LogP contribution in [0.25, 0.3) is 0 Å². The predicted molar refractivity (Wildman–Crippen MR) is 185 cm³/mol. The van der Waals surface area contributed by atoms with Gasteiger partial charge < -0.3 is 0 Å². The molecule has 1 aliphatic rings. The van der Waals surface area contributed by atoms with Crippen LogP contribution >= 0.6 is 0 Å². The van der Waals surface area contributed by atoms with Gasteiger partial charge in [0.25, 0.3) is 0 Å². The Labute approximate surface area is 257 Å². The van der Waals surface area contributed by atoms with Crippen molar-refractivity contribution in [2.75, 3.05) is 0 Å². The fourth-order valence-corrected chi connectivity index (χ4v) is 5.78. The first kappa shape index (κ1) is 33.7. The molecule has 0 saturated heterocycles. The molecule has 1 aliphatic carbocycles. The maximum Gasteiger partial charge on any atom is 0.0849 e. The van der Waals surface area contributed by atoms with Crippen molar-refractivity contribution in [3.8, 4) is 0 Å². The van der Waals surface area contributed by atoms with Crippen molar-refractivity contribution in [3.63, 3.8) is 0 Å². The van der Waals surface area contributed by atoms with E-state index in [4.69, 9.17) is 15.0 Å². The Morgan fingerprint density at radius 3 is 1.62 bits per heavy atom. The highest BCUT2D eigenvalue weighted by Crippen LogP contribution is 2.46. The molecule has 1 aromatic heterocycles. The van der Waals surface area contributed by atoms with Gasteiger partial charge in [0.2, 0.25) is 0 Å². The molecule has 1 heterocycles. The van der Waals surface area contributed by atoms with Gasteiger partial charge in [0.15, 0.2) is 0 Å². The average molecular weight is 568 g/mol. The standard InChI is InChI=1S/C39H57N3/c1-24-20-28(36(5,6)7)34(29(21-24)37(8,9)10)40-26(3)32-18-17-19-33(42-32)27(4)41-35-30(38(11,12)13)22-25(2)23-31(35)39(14,15)16/h17-22,31H,23H2,1-16H3. The van der Waals surface area contributed by atoms with Crippen LogP contribution in [0, 0.1) is 23.7 Å². The van der Waals surface area contributed by atoms with Gasteiger partial charge in [-0.2, -0.15) is 0 Å². The molecule has 0 aliphatic heterocycles. The smallest absolute Gasteiger partial charge is 0.0849 e. The fraction of sp³-hybridized carbons (Fsp3) is 0.564. The van der Waals surface area contributed by atoms with E-state index in [1.165, 1.54) is 33.5 Å². The molecule has 42 heavy (non-hydrogen) atoms. The monoisotopic (exact) mass is 567 g/mol. The molecule has 1 atom stereocenters. The Bertz CT molecular complexity index is 1410. The number of hydrogen-bond donors (Lipinski definition) is 0. The number of allylic oxidation sites excluding steroid dienone is 4. The number of rotatable bonds is 4. The Morgan fingerprint density at radius 1 is 0.714 bits per heavy atom. The van der Waals surface area contributed by atoms with Crippen molar-refractivity contribution < 1.29 is 0 Å². The molecule has 2 aromatic rings. The van der Waals surface area contributed by atoms with Crippen molar-refractivity contribution in [1.29, 1.82) is 0 Å². The molecule has 3 nitrogen and oxygen atoms in total. The van der Waals surface area contributed by atoms with E-state index in [1.807, 2.05) is 0 Å². The van der Waals surface area contributed by atoms with Gasteiger partial charge in [-0.3, -0.25) is 9.98 Å². The minimum Gasteiger partial charge on any atom is -0.255 e. The zero-order valence-electron chi connectivity index (χ0n) is 29.6. The number of aliphatic imine (C=N–C) groups is 2. The van der Waals surface area contributed by atoms with Gasteiger partial charge in [0, 0.05) is 11.6 Å². The van der Waals surface area contributed by atoms with Gasteiger partial charge in [-0.1, -0.05) is 118 Å². The lowest BCUT2D eigenvalue weighted by Crippen LogP contribution is -2.28. The Balaban J connectivity index is 2.18. The number of hydrogen-bond acceptors (Lipinski definition) is 3. The highest BCUT2D eigenvalue weighted by Gasteiger charge is 2.35. The number of aromatic nitrogens is 1. The summed E-state index contributed by atoms with van der Waals surface area (Å²) in [5.74, 6) is 0.353. The minimum absolute atomic E-state index is 0.00633. The van der Waals surface area contributed by atoms with Gasteiger partial charge in [-0.15, -0.1) is 0 Å². The van der Waals surface area contributed by atoms with Crippen LogP contribution in [0.2, 0.25) is 0 Å². The summed E-state index contributed by atoms with van der Waals surface area (Å²) < 4.78 is 0. The molecular formula is C39H57N3. The van der Waals surface area contributed by atoms with Gasteiger partial charge in [-0.25, -0.2) is 4.98 Å². The molecule has 0 bridgehead atoms. The van der Waals surface area contributed by atoms with E-state index in [0.29, 0.717) is 5.92 Å². The first-order valence-corrected chi connectivity index (χ1v) is 15.7. The van der Waals surface area contributed by atoms with Gasteiger partial charge in [-0.05, 0) is 84.6 Å². The summed E-state index contributed by atoms with van der Waals surface area (Å²) in [4.78, 5) is 15.8. The molecule has 1 aromatic carbocycles. The third-order valence-electron chi connectivity index (χ3n) is 8.30. The molecular weight excluding hydrogens is 510 g/mol. The number of aryl methyl sites for hydroxylation is 1. The number of nitrogens with zero attached hydrogens (tertiary/aromatic N) is 3. The van der Waals surface area contributed by atoms with Crippen LogP contribution in [0.3, 0.4) is 0 Å². The third-order valence-corrected chi connectivity index (χ3v) is 8.30. The van der Waals surface area contributed by atoms with E-state index < -0.39 is 0 Å². The highest BCUT2D eigenvalue weighted by molar-refractivity contribution is 6.02. The zero-order chi connectivity index (χ0) is 32.0. The van der Waals surface area contributed by atoms with Crippen LogP contribution in [0.1, 0.15) is 138 Å². The zero-order valence-corrected chi connectivity index (χ0v) is 29.6. The highest BCUT2D eigenvalue weighted by atomic mass is 14.9. The first-order chi connectivity index (χ1) is 19.0. The van der Waals surface area contributed by atoms with Crippen molar-refractivity contribution in [2.24, 2.45) is 26.7 Å². The van der Waals surface area contributed by atoms with E-state index in [-0.39, 0.29) is 21.7 Å². The molecule has 0 spiro atoms. The molecule has 0 radical (unpaired) electrons. The second-order valence-corrected chi connectivity index (χ2v) is 16.7. The van der Waals surface area contributed by atoms with Crippen LogP contribution < -0.4 is 0 Å². The fourth-order valence-electron chi connectivity index (χ4n) is 5.78. The lowest BCUT2D eigenvalue weighted by atomic mass is 9.68. The second kappa shape index (κ2) is 11.7. The largest absolute Gasteiger partial charge is 0.255 e. The summed E-state index contributed by atoms with van der Waals surface area (Å²) in [6.07, 6.45) is 3.41. The van der Waals surface area contributed by atoms with Crippen molar-refractivity contribution in [3.05, 3.63) is 81.3 Å². The molecule has 0 saturated carbocycles. The van der Waals surface area contributed by atoms with E-state index in [0.717, 1.165) is 34.9 Å². The Morgan fingerprint density at radius 2 is 1.19 bits per heavy atom. The first-order valence-electron chi connectivity index (χ1n) is 15.7. The quantitative estimate of drug-likeness (QED) is 0.339. The molecule has 3 heteroatoms. The van der Waals surface area contributed by atoms with Crippen LogP contribution in [0.15, 0.2) is 63.2 Å². The second-order valence-electron chi connectivity index (χ2n) is 16.7. The number of benzene rings is 1. The van der Waals surface area contributed by atoms with E-state index in [2.05, 4.69) is 147 Å². The van der Waals surface area contributed by atoms with Gasteiger partial charge >= 0.3 is 0 Å². The van der Waals surface area contributed by atoms with Gasteiger partial charge in [0.1, 0.15) is 0 Å². The molecule has 0 amide bonds. The van der Waals surface area contributed by atoms with Crippen LogP contribution in [-0.2, 0) is 10.8 Å². The topological polar surface area (TPSA) is 37.6 Å². The van der Waals surface area contributed by atoms with E-state index >= 15 is 0 Å². The summed E-state index contributed by atoms with van der Waals surface area (Å²) in [6.45, 7) is 36.2. The maximum absolute atomic E-state index is 5.37. The van der Waals surface area contributed by atoms with Crippen molar-refractivity contribution >= 4 is 17.1 Å². The lowest BCUT2D eigenvalue weighted by molar-refractivity contribution is 0.267. The Hall–Kier alpha value is -2.81. The summed E-state index contributed by atoms with van der Waals surface area (Å²) in [7, 11) is 0. The molecule has 228 valence electrons. The summed E-state index contributed by atoms with van der Waals surface area (Å²) in [6, 6.07) is 10.8. The molecule has 1 unspecified atom stereocenters. The predicted octanol–water partition coefficient (Wildman–Crippen LogP) is 11.2. The average Bonchev–Trinajstić information content (AvgIpc) is 2.83. The van der Waals surface area contributed by atoms with Crippen molar-refractivity contribution in [1.82, 2.24) is 4.98 Å². The summed E-state index contributed by atoms with van der Waals surface area (Å²) >= 11 is 0. The number of pyridine rings is 1. The van der Waals surface area contributed by atoms with Gasteiger partial charge in [0.05, 0.1) is 28.5 Å². The SMILES string of the molecule is CC1=CC(C(C)(C)C)=C(N=C(C)c2cccc(C(C)=Nc3c(C(C)(C)C)cc(C)cc3C(C)(C)C)n2)C(C(C)(C)C)C1. The minimum atomic E-state index is -0.0292. The maximum atomic E-state index is 5.37. The van der Waals surface area contributed by atoms with Crippen LogP contribution in [0.4, 0.5) is 5.69 Å². The van der Waals surface area contributed by atoms with Crippen molar-refractivity contribution in [2.45, 2.75) is 128 Å². The molecule has 3 rings (SSSR count). The molecule has 0 N–H and O–H groups in total. The summed E-state index contributed by atoms with van der Waals surface area (Å²) in [5, 5.41) is 0. The summed E-state index contributed by atoms with van der Waals surface area (Å²) in [5.41, 5.74) is 12.6. The normalized spacial score (nSPS) is 18.0. The lowest BCUT2D eigenvalue weighted by Gasteiger charge is -2.38. The van der Waals surface area contributed by atoms with E-state index in [1.54, 1.807) is 0 Å². The molecule has 0 fully saturated rings. The van der Waals surface area contributed by atoms with Crippen LogP contribution in [0.5, 0.6) is 0 Å². The van der Waals surface area contributed by atoms with Crippen LogP contribution in [-0.4, -0.2) is 16.4 Å². The Kier molecular flexibility index (Phi) is 9.39.